The Morgan fingerprint density at radius 3 is 1.57 bits per heavy atom. The Morgan fingerprint density at radius 1 is 0.929 bits per heavy atom. The van der Waals surface area contributed by atoms with E-state index in [4.69, 9.17) is 0 Å². The second-order valence-corrected chi connectivity index (χ2v) is 2.95. The highest BCUT2D eigenvalue weighted by Crippen LogP contribution is 2.34. The average molecular weight is 196 g/mol. The maximum Gasteiger partial charge on any atom is 0.141 e. The maximum absolute atomic E-state index is 9.56. The van der Waals surface area contributed by atoms with Crippen molar-refractivity contribution in [3.05, 3.63) is 12.1 Å². The zero-order valence-corrected chi connectivity index (χ0v) is 8.46. The van der Waals surface area contributed by atoms with E-state index in [0.717, 1.165) is 0 Å². The van der Waals surface area contributed by atoms with Gasteiger partial charge in [0.15, 0.2) is 0 Å². The van der Waals surface area contributed by atoms with Crippen LogP contribution in [0.5, 0.6) is 11.5 Å². The van der Waals surface area contributed by atoms with Gasteiger partial charge in [-0.2, -0.15) is 0 Å². The first-order valence-electron chi connectivity index (χ1n) is 4.72. The highest BCUT2D eigenvalue weighted by molar-refractivity contribution is 5.69. The number of anilines is 2. The van der Waals surface area contributed by atoms with Crippen LogP contribution in [0.4, 0.5) is 11.4 Å². The van der Waals surface area contributed by atoms with Crippen molar-refractivity contribution in [3.63, 3.8) is 0 Å². The number of phenolic OH excluding ortho intramolecular Hbond substituents is 2. The summed E-state index contributed by atoms with van der Waals surface area (Å²) in [5.74, 6) is 0.279. The van der Waals surface area contributed by atoms with Crippen molar-refractivity contribution >= 4 is 11.4 Å². The zero-order valence-electron chi connectivity index (χ0n) is 8.46. The molecular weight excluding hydrogens is 180 g/mol. The molecule has 1 aromatic rings. The monoisotopic (exact) mass is 196 g/mol. The molecule has 1 rings (SSSR count). The highest BCUT2D eigenvalue weighted by Gasteiger charge is 2.06. The van der Waals surface area contributed by atoms with E-state index in [-0.39, 0.29) is 11.5 Å². The molecule has 4 nitrogen and oxygen atoms in total. The number of phenols is 2. The summed E-state index contributed by atoms with van der Waals surface area (Å²) in [6.45, 7) is 5.25. The summed E-state index contributed by atoms with van der Waals surface area (Å²) in [7, 11) is 0. The van der Waals surface area contributed by atoms with Gasteiger partial charge in [0.25, 0.3) is 0 Å². The first-order valence-corrected chi connectivity index (χ1v) is 4.72. The van der Waals surface area contributed by atoms with Crippen molar-refractivity contribution in [2.24, 2.45) is 0 Å². The number of rotatable bonds is 4. The smallest absolute Gasteiger partial charge is 0.141 e. The predicted octanol–water partition coefficient (Wildman–Crippen LogP) is 1.96. The minimum absolute atomic E-state index is 0.139. The molecule has 4 N–H and O–H groups in total. The van der Waals surface area contributed by atoms with Crippen LogP contribution >= 0.6 is 0 Å². The molecule has 0 atom stereocenters. The van der Waals surface area contributed by atoms with E-state index in [0.29, 0.717) is 24.5 Å². The molecular formula is C10H16N2O2. The number of hydrogen-bond donors (Lipinski definition) is 4. The van der Waals surface area contributed by atoms with Gasteiger partial charge in [0.05, 0.1) is 11.4 Å². The Hall–Kier alpha value is -1.58. The van der Waals surface area contributed by atoms with Crippen LogP contribution in [0.3, 0.4) is 0 Å². The molecule has 0 aromatic heterocycles. The van der Waals surface area contributed by atoms with Crippen molar-refractivity contribution in [1.29, 1.82) is 0 Å². The minimum atomic E-state index is 0.139. The van der Waals surface area contributed by atoms with Crippen LogP contribution in [0.15, 0.2) is 12.1 Å². The van der Waals surface area contributed by atoms with E-state index in [1.807, 2.05) is 13.8 Å². The third-order valence-corrected chi connectivity index (χ3v) is 1.85. The van der Waals surface area contributed by atoms with Gasteiger partial charge in [-0.3, -0.25) is 0 Å². The van der Waals surface area contributed by atoms with Crippen molar-refractivity contribution in [2.45, 2.75) is 13.8 Å². The van der Waals surface area contributed by atoms with E-state index in [1.165, 1.54) is 12.1 Å². The van der Waals surface area contributed by atoms with Crippen LogP contribution in [0, 0.1) is 0 Å². The molecule has 0 aliphatic carbocycles. The first-order chi connectivity index (χ1) is 6.69. The largest absolute Gasteiger partial charge is 0.506 e. The standard InChI is InChI=1S/C10H16N2O2/c1-3-11-7-5-10(14)8(12-4-2)6-9(7)13/h5-6,11-14H,3-4H2,1-2H3. The van der Waals surface area contributed by atoms with Gasteiger partial charge in [-0.15, -0.1) is 0 Å². The van der Waals surface area contributed by atoms with Crippen LogP contribution < -0.4 is 10.6 Å². The molecule has 1 aromatic carbocycles. The summed E-state index contributed by atoms with van der Waals surface area (Å²) in [5, 5.41) is 25.0. The van der Waals surface area contributed by atoms with Gasteiger partial charge in [0.1, 0.15) is 11.5 Å². The normalized spacial score (nSPS) is 9.86. The van der Waals surface area contributed by atoms with E-state index >= 15 is 0 Å². The molecule has 0 saturated heterocycles. The molecule has 4 heteroatoms. The van der Waals surface area contributed by atoms with Crippen LogP contribution in [0.25, 0.3) is 0 Å². The third-order valence-electron chi connectivity index (χ3n) is 1.85. The average Bonchev–Trinajstić information content (AvgIpc) is 2.14. The lowest BCUT2D eigenvalue weighted by Crippen LogP contribution is -2.00. The Balaban J connectivity index is 2.97. The fourth-order valence-corrected chi connectivity index (χ4v) is 1.24. The molecule has 0 fully saturated rings. The van der Waals surface area contributed by atoms with Gasteiger partial charge in [0, 0.05) is 25.2 Å². The van der Waals surface area contributed by atoms with Gasteiger partial charge in [0.2, 0.25) is 0 Å². The van der Waals surface area contributed by atoms with Crippen LogP contribution in [-0.2, 0) is 0 Å². The molecule has 0 unspecified atom stereocenters. The van der Waals surface area contributed by atoms with Gasteiger partial charge < -0.3 is 20.8 Å². The predicted molar refractivity (Wildman–Crippen MR) is 58.1 cm³/mol. The Kier molecular flexibility index (Phi) is 3.45. The van der Waals surface area contributed by atoms with Gasteiger partial charge in [-0.05, 0) is 13.8 Å². The fourth-order valence-electron chi connectivity index (χ4n) is 1.24. The number of benzene rings is 1. The molecule has 0 spiro atoms. The molecule has 0 heterocycles. The third kappa shape index (κ3) is 2.22. The number of aromatic hydroxyl groups is 2. The molecule has 0 bridgehead atoms. The first kappa shape index (κ1) is 10.5. The summed E-state index contributed by atoms with van der Waals surface area (Å²) in [6, 6.07) is 3.02. The van der Waals surface area contributed by atoms with Crippen LogP contribution in [0.2, 0.25) is 0 Å². The maximum atomic E-state index is 9.56. The second-order valence-electron chi connectivity index (χ2n) is 2.95. The Bertz CT molecular complexity index is 281. The summed E-state index contributed by atoms with van der Waals surface area (Å²) in [6.07, 6.45) is 0. The fraction of sp³-hybridized carbons (Fsp3) is 0.400. The lowest BCUT2D eigenvalue weighted by Gasteiger charge is -2.11. The second kappa shape index (κ2) is 4.60. The van der Waals surface area contributed by atoms with E-state index < -0.39 is 0 Å². The summed E-state index contributed by atoms with van der Waals surface area (Å²) in [4.78, 5) is 0. The number of nitrogens with one attached hydrogen (secondary N) is 2. The van der Waals surface area contributed by atoms with E-state index in [2.05, 4.69) is 10.6 Å². The Labute approximate surface area is 83.6 Å². The highest BCUT2D eigenvalue weighted by atomic mass is 16.3. The minimum Gasteiger partial charge on any atom is -0.506 e. The lowest BCUT2D eigenvalue weighted by molar-refractivity contribution is 0.463. The summed E-state index contributed by atoms with van der Waals surface area (Å²) >= 11 is 0. The summed E-state index contributed by atoms with van der Waals surface area (Å²) in [5.41, 5.74) is 1.10. The van der Waals surface area contributed by atoms with Gasteiger partial charge in [-0.25, -0.2) is 0 Å². The van der Waals surface area contributed by atoms with Gasteiger partial charge >= 0.3 is 0 Å². The van der Waals surface area contributed by atoms with E-state index in [1.54, 1.807) is 0 Å². The summed E-state index contributed by atoms with van der Waals surface area (Å²) < 4.78 is 0. The molecule has 0 aliphatic rings. The van der Waals surface area contributed by atoms with E-state index in [9.17, 15) is 10.2 Å². The van der Waals surface area contributed by atoms with Crippen LogP contribution in [0.1, 0.15) is 13.8 Å². The van der Waals surface area contributed by atoms with Crippen molar-refractivity contribution in [2.75, 3.05) is 23.7 Å². The molecule has 78 valence electrons. The zero-order chi connectivity index (χ0) is 10.6. The van der Waals surface area contributed by atoms with Crippen molar-refractivity contribution in [3.8, 4) is 11.5 Å². The lowest BCUT2D eigenvalue weighted by atomic mass is 10.2. The van der Waals surface area contributed by atoms with Crippen molar-refractivity contribution < 1.29 is 10.2 Å². The quantitative estimate of drug-likeness (QED) is 0.439. The Morgan fingerprint density at radius 2 is 1.29 bits per heavy atom. The molecule has 0 saturated carbocycles. The van der Waals surface area contributed by atoms with Gasteiger partial charge in [-0.1, -0.05) is 0 Å². The molecule has 14 heavy (non-hydrogen) atoms. The molecule has 0 amide bonds. The molecule has 0 aliphatic heterocycles. The van der Waals surface area contributed by atoms with Crippen molar-refractivity contribution in [1.82, 2.24) is 0 Å². The SMILES string of the molecule is CCNc1cc(O)c(NCC)cc1O. The topological polar surface area (TPSA) is 64.5 Å². The molecule has 0 radical (unpaired) electrons. The van der Waals surface area contributed by atoms with Crippen LogP contribution in [-0.4, -0.2) is 23.3 Å². The number of hydrogen-bond acceptors (Lipinski definition) is 4.